The highest BCUT2D eigenvalue weighted by molar-refractivity contribution is 7.98. The summed E-state index contributed by atoms with van der Waals surface area (Å²) in [4.78, 5) is 15.1. The fourth-order valence-electron chi connectivity index (χ4n) is 2.63. The van der Waals surface area contributed by atoms with Crippen LogP contribution in [-0.2, 0) is 4.79 Å². The van der Waals surface area contributed by atoms with Gasteiger partial charge in [0.2, 0.25) is 0 Å². The van der Waals surface area contributed by atoms with Crippen molar-refractivity contribution in [2.75, 3.05) is 12.5 Å². The highest BCUT2D eigenvalue weighted by atomic mass is 32.2. The van der Waals surface area contributed by atoms with Crippen LogP contribution in [0.2, 0.25) is 0 Å². The molecule has 2 aromatic rings. The van der Waals surface area contributed by atoms with Crippen molar-refractivity contribution in [2.45, 2.75) is 21.6 Å². The molecular weight excluding hydrogens is 332 g/mol. The van der Waals surface area contributed by atoms with E-state index in [4.69, 9.17) is 12.8 Å². The van der Waals surface area contributed by atoms with E-state index < -0.39 is 11.8 Å². The summed E-state index contributed by atoms with van der Waals surface area (Å²) < 4.78 is 0. The van der Waals surface area contributed by atoms with Crippen molar-refractivity contribution in [3.63, 3.8) is 0 Å². The third-order valence-electron chi connectivity index (χ3n) is 3.80. The number of carbonyl (C=O) groups excluding carboxylic acids is 1. The molecule has 0 spiro atoms. The summed E-state index contributed by atoms with van der Waals surface area (Å²) in [6.45, 7) is 0. The average Bonchev–Trinajstić information content (AvgIpc) is 2.64. The predicted octanol–water partition coefficient (Wildman–Crippen LogP) is 4.83. The van der Waals surface area contributed by atoms with Gasteiger partial charge in [-0.05, 0) is 35.8 Å². The standard InChI is InChI=1S/C21H18OS2/c1-5-15(17-11-7-9-13-19(17)23-3)21(22)16(6-2)18-12-8-10-14-20(18)24-4/h1-2,7-16H,3-4H3. The van der Waals surface area contributed by atoms with Crippen molar-refractivity contribution >= 4 is 29.3 Å². The number of hydrogen-bond donors (Lipinski definition) is 0. The average molecular weight is 351 g/mol. The van der Waals surface area contributed by atoms with Gasteiger partial charge >= 0.3 is 0 Å². The van der Waals surface area contributed by atoms with Crippen molar-refractivity contribution in [3.05, 3.63) is 59.7 Å². The number of rotatable bonds is 6. The van der Waals surface area contributed by atoms with Gasteiger partial charge in [0.05, 0.1) is 0 Å². The van der Waals surface area contributed by atoms with Crippen LogP contribution in [0.3, 0.4) is 0 Å². The van der Waals surface area contributed by atoms with Crippen LogP contribution in [0.4, 0.5) is 0 Å². The second-order valence-corrected chi connectivity index (χ2v) is 6.78. The number of benzene rings is 2. The molecule has 0 amide bonds. The van der Waals surface area contributed by atoms with Gasteiger partial charge in [0.15, 0.2) is 5.78 Å². The molecule has 0 saturated heterocycles. The van der Waals surface area contributed by atoms with Gasteiger partial charge in [0, 0.05) is 9.79 Å². The molecule has 0 aliphatic rings. The van der Waals surface area contributed by atoms with Gasteiger partial charge < -0.3 is 0 Å². The van der Waals surface area contributed by atoms with Crippen molar-refractivity contribution in [2.24, 2.45) is 0 Å². The van der Waals surface area contributed by atoms with E-state index >= 15 is 0 Å². The zero-order valence-corrected chi connectivity index (χ0v) is 15.3. The quantitative estimate of drug-likeness (QED) is 0.548. The maximum Gasteiger partial charge on any atom is 0.171 e. The molecule has 0 radical (unpaired) electrons. The van der Waals surface area contributed by atoms with Crippen LogP contribution in [0, 0.1) is 24.7 Å². The minimum absolute atomic E-state index is 0.122. The molecule has 0 saturated carbocycles. The zero-order chi connectivity index (χ0) is 17.5. The normalized spacial score (nSPS) is 12.7. The van der Waals surface area contributed by atoms with Crippen molar-refractivity contribution in [1.29, 1.82) is 0 Å². The first-order valence-electron chi connectivity index (χ1n) is 7.39. The number of hydrogen-bond acceptors (Lipinski definition) is 3. The van der Waals surface area contributed by atoms with Gasteiger partial charge in [-0.1, -0.05) is 48.2 Å². The summed E-state index contributed by atoms with van der Waals surface area (Å²) in [7, 11) is 0. The number of Topliss-reactive ketones (excluding diaryl/α,β-unsaturated/α-hetero) is 1. The molecule has 24 heavy (non-hydrogen) atoms. The fourth-order valence-corrected chi connectivity index (χ4v) is 3.90. The Hall–Kier alpha value is -2.07. The summed E-state index contributed by atoms with van der Waals surface area (Å²) in [6.07, 6.45) is 15.4. The van der Waals surface area contributed by atoms with E-state index in [0.29, 0.717) is 0 Å². The smallest absolute Gasteiger partial charge is 0.171 e. The van der Waals surface area contributed by atoms with Crippen molar-refractivity contribution in [3.8, 4) is 24.7 Å². The van der Waals surface area contributed by atoms with Crippen molar-refractivity contribution < 1.29 is 4.79 Å². The van der Waals surface area contributed by atoms with E-state index in [1.165, 1.54) is 0 Å². The number of thioether (sulfide) groups is 2. The molecule has 2 aromatic carbocycles. The Morgan fingerprint density at radius 3 is 1.54 bits per heavy atom. The Balaban J connectivity index is 2.47. The lowest BCUT2D eigenvalue weighted by atomic mass is 9.84. The molecule has 2 atom stereocenters. The molecule has 3 heteroatoms. The lowest BCUT2D eigenvalue weighted by Crippen LogP contribution is -2.20. The molecule has 0 aliphatic carbocycles. The molecule has 2 rings (SSSR count). The maximum absolute atomic E-state index is 13.1. The SMILES string of the molecule is C#CC(C(=O)C(C#C)c1ccccc1SC)c1ccccc1SC. The van der Waals surface area contributed by atoms with Gasteiger partial charge in [-0.3, -0.25) is 4.79 Å². The molecule has 120 valence electrons. The number of carbonyl (C=O) groups is 1. The highest BCUT2D eigenvalue weighted by Gasteiger charge is 2.29. The monoisotopic (exact) mass is 350 g/mol. The summed E-state index contributed by atoms with van der Waals surface area (Å²) in [5, 5.41) is 0. The van der Waals surface area contributed by atoms with Crippen LogP contribution >= 0.6 is 23.5 Å². The van der Waals surface area contributed by atoms with Crippen molar-refractivity contribution in [1.82, 2.24) is 0 Å². The lowest BCUT2D eigenvalue weighted by Gasteiger charge is -2.19. The Kier molecular flexibility index (Phi) is 6.62. The van der Waals surface area contributed by atoms with Crippen LogP contribution in [0.1, 0.15) is 23.0 Å². The summed E-state index contributed by atoms with van der Waals surface area (Å²) >= 11 is 3.15. The first-order valence-corrected chi connectivity index (χ1v) is 9.84. The Morgan fingerprint density at radius 1 is 0.833 bits per heavy atom. The summed E-state index contributed by atoms with van der Waals surface area (Å²) in [5.41, 5.74) is 1.69. The molecule has 0 N–H and O–H groups in total. The second-order valence-electron chi connectivity index (χ2n) is 5.09. The van der Waals surface area contributed by atoms with Crippen LogP contribution in [0.15, 0.2) is 58.3 Å². The van der Waals surface area contributed by atoms with E-state index in [1.54, 1.807) is 23.5 Å². The largest absolute Gasteiger partial charge is 0.296 e. The minimum Gasteiger partial charge on any atom is -0.296 e. The highest BCUT2D eigenvalue weighted by Crippen LogP contribution is 2.34. The third kappa shape index (κ3) is 3.70. The van der Waals surface area contributed by atoms with Gasteiger partial charge in [0.1, 0.15) is 11.8 Å². The summed E-state index contributed by atoms with van der Waals surface area (Å²) in [6, 6.07) is 15.4. The van der Waals surface area contributed by atoms with Crippen LogP contribution in [-0.4, -0.2) is 18.3 Å². The zero-order valence-electron chi connectivity index (χ0n) is 13.7. The van der Waals surface area contributed by atoms with Crippen LogP contribution in [0.5, 0.6) is 0 Å². The molecule has 0 fully saturated rings. The molecular formula is C21H18OS2. The van der Waals surface area contributed by atoms with Gasteiger partial charge in [0.25, 0.3) is 0 Å². The summed E-state index contributed by atoms with van der Waals surface area (Å²) in [5.74, 6) is 3.88. The molecule has 2 unspecified atom stereocenters. The van der Waals surface area contributed by atoms with Crippen LogP contribution in [0.25, 0.3) is 0 Å². The number of ketones is 1. The molecule has 0 aliphatic heterocycles. The Labute approximate surface area is 152 Å². The Bertz CT molecular complexity index is 744. The lowest BCUT2D eigenvalue weighted by molar-refractivity contribution is -0.119. The van der Waals surface area contributed by atoms with E-state index in [1.807, 2.05) is 61.0 Å². The van der Waals surface area contributed by atoms with Gasteiger partial charge in [-0.15, -0.1) is 36.4 Å². The molecule has 0 bridgehead atoms. The second kappa shape index (κ2) is 8.69. The fraction of sp³-hybridized carbons (Fsp3) is 0.190. The first-order chi connectivity index (χ1) is 11.7. The predicted molar refractivity (Wildman–Crippen MR) is 105 cm³/mol. The first kappa shape index (κ1) is 18.3. The maximum atomic E-state index is 13.1. The minimum atomic E-state index is -0.649. The molecule has 0 heterocycles. The molecule has 1 nitrogen and oxygen atoms in total. The topological polar surface area (TPSA) is 17.1 Å². The van der Waals surface area contributed by atoms with Crippen LogP contribution < -0.4 is 0 Å². The van der Waals surface area contributed by atoms with Gasteiger partial charge in [-0.25, -0.2) is 0 Å². The third-order valence-corrected chi connectivity index (χ3v) is 5.43. The number of terminal acetylenes is 2. The van der Waals surface area contributed by atoms with E-state index in [0.717, 1.165) is 20.9 Å². The Morgan fingerprint density at radius 2 is 1.21 bits per heavy atom. The van der Waals surface area contributed by atoms with E-state index in [2.05, 4.69) is 11.8 Å². The van der Waals surface area contributed by atoms with E-state index in [9.17, 15) is 4.79 Å². The van der Waals surface area contributed by atoms with E-state index in [-0.39, 0.29) is 5.78 Å². The molecule has 0 aromatic heterocycles. The van der Waals surface area contributed by atoms with Gasteiger partial charge in [-0.2, -0.15) is 0 Å².